The van der Waals surface area contributed by atoms with Crippen LogP contribution in [0.4, 0.5) is 8.78 Å². The predicted octanol–water partition coefficient (Wildman–Crippen LogP) is 0.969. The maximum atomic E-state index is 13.4. The Morgan fingerprint density at radius 2 is 2.22 bits per heavy atom. The van der Waals surface area contributed by atoms with E-state index in [9.17, 15) is 13.6 Å². The zero-order chi connectivity index (χ0) is 13.1. The van der Waals surface area contributed by atoms with E-state index < -0.39 is 23.6 Å². The first kappa shape index (κ1) is 12.1. The first-order chi connectivity index (χ1) is 8.58. The normalized spacial score (nSPS) is 12.2. The van der Waals surface area contributed by atoms with Crippen molar-refractivity contribution in [3.8, 4) is 0 Å². The third-order valence-corrected chi connectivity index (χ3v) is 2.32. The first-order valence-electron chi connectivity index (χ1n) is 5.07. The molecule has 18 heavy (non-hydrogen) atoms. The number of carbonyl (C=O) groups is 1. The van der Waals surface area contributed by atoms with Crippen molar-refractivity contribution in [1.82, 2.24) is 25.9 Å². The van der Waals surface area contributed by atoms with Gasteiger partial charge >= 0.3 is 0 Å². The fourth-order valence-electron chi connectivity index (χ4n) is 1.44. The summed E-state index contributed by atoms with van der Waals surface area (Å²) in [5.74, 6) is -1.97. The number of nitrogens with one attached hydrogen (secondary N) is 2. The Bertz CT molecular complexity index is 557. The maximum Gasteiger partial charge on any atom is 0.293 e. The molecule has 1 aromatic carbocycles. The zero-order valence-corrected chi connectivity index (χ0v) is 9.32. The van der Waals surface area contributed by atoms with Gasteiger partial charge in [0, 0.05) is 5.56 Å². The number of aromatic nitrogens is 4. The van der Waals surface area contributed by atoms with E-state index in [1.807, 2.05) is 0 Å². The summed E-state index contributed by atoms with van der Waals surface area (Å²) in [5.41, 5.74) is 0.0480. The molecule has 1 unspecified atom stereocenters. The van der Waals surface area contributed by atoms with Gasteiger partial charge in [-0.3, -0.25) is 4.79 Å². The quantitative estimate of drug-likeness (QED) is 0.853. The number of rotatable bonds is 3. The van der Waals surface area contributed by atoms with Crippen molar-refractivity contribution in [2.24, 2.45) is 0 Å². The summed E-state index contributed by atoms with van der Waals surface area (Å²) in [6.07, 6.45) is 0. The Labute approximate surface area is 100 Å². The van der Waals surface area contributed by atoms with Gasteiger partial charge in [-0.15, -0.1) is 10.2 Å². The van der Waals surface area contributed by atoms with Crippen molar-refractivity contribution in [2.45, 2.75) is 13.0 Å². The van der Waals surface area contributed by atoms with E-state index in [-0.39, 0.29) is 11.4 Å². The van der Waals surface area contributed by atoms with Crippen LogP contribution in [0.15, 0.2) is 18.2 Å². The smallest absolute Gasteiger partial charge is 0.293 e. The Balaban J connectivity index is 2.14. The highest BCUT2D eigenvalue weighted by Gasteiger charge is 2.17. The van der Waals surface area contributed by atoms with Crippen LogP contribution in [-0.4, -0.2) is 26.5 Å². The lowest BCUT2D eigenvalue weighted by Gasteiger charge is -2.13. The van der Waals surface area contributed by atoms with E-state index in [0.717, 1.165) is 18.2 Å². The zero-order valence-electron chi connectivity index (χ0n) is 9.32. The van der Waals surface area contributed by atoms with Crippen LogP contribution in [0.1, 0.15) is 29.1 Å². The molecule has 1 atom stereocenters. The van der Waals surface area contributed by atoms with Crippen molar-refractivity contribution in [3.05, 3.63) is 41.2 Å². The van der Waals surface area contributed by atoms with Gasteiger partial charge in [0.05, 0.1) is 6.04 Å². The van der Waals surface area contributed by atoms with Gasteiger partial charge in [-0.2, -0.15) is 5.21 Å². The summed E-state index contributed by atoms with van der Waals surface area (Å²) < 4.78 is 26.4. The fourth-order valence-corrected chi connectivity index (χ4v) is 1.44. The molecule has 0 aliphatic heterocycles. The van der Waals surface area contributed by atoms with E-state index in [4.69, 9.17) is 0 Å². The van der Waals surface area contributed by atoms with Gasteiger partial charge in [-0.1, -0.05) is 0 Å². The fraction of sp³-hybridized carbons (Fsp3) is 0.200. The molecule has 6 nitrogen and oxygen atoms in total. The Morgan fingerprint density at radius 1 is 1.44 bits per heavy atom. The minimum absolute atomic E-state index is 0.0480. The molecule has 0 aliphatic rings. The average molecular weight is 253 g/mol. The van der Waals surface area contributed by atoms with Crippen LogP contribution in [-0.2, 0) is 0 Å². The minimum Gasteiger partial charge on any atom is -0.343 e. The average Bonchev–Trinajstić information content (AvgIpc) is 2.85. The number of carbonyl (C=O) groups excluding carboxylic acids is 1. The van der Waals surface area contributed by atoms with Crippen LogP contribution >= 0.6 is 0 Å². The van der Waals surface area contributed by atoms with Gasteiger partial charge < -0.3 is 5.32 Å². The number of aromatic amines is 1. The second-order valence-corrected chi connectivity index (χ2v) is 3.60. The molecule has 0 spiro atoms. The van der Waals surface area contributed by atoms with E-state index in [2.05, 4.69) is 25.9 Å². The Hall–Kier alpha value is -2.38. The van der Waals surface area contributed by atoms with Crippen LogP contribution in [0.3, 0.4) is 0 Å². The number of amides is 1. The van der Waals surface area contributed by atoms with Gasteiger partial charge in [0.2, 0.25) is 0 Å². The second-order valence-electron chi connectivity index (χ2n) is 3.60. The monoisotopic (exact) mass is 253 g/mol. The number of H-pyrrole nitrogens is 1. The molecule has 2 rings (SSSR count). The third-order valence-electron chi connectivity index (χ3n) is 2.32. The van der Waals surface area contributed by atoms with E-state index in [1.165, 1.54) is 6.92 Å². The van der Waals surface area contributed by atoms with Crippen molar-refractivity contribution in [1.29, 1.82) is 0 Å². The highest BCUT2D eigenvalue weighted by Crippen LogP contribution is 2.18. The predicted molar refractivity (Wildman–Crippen MR) is 56.4 cm³/mol. The molecule has 0 saturated heterocycles. The highest BCUT2D eigenvalue weighted by atomic mass is 19.1. The molecule has 0 bridgehead atoms. The van der Waals surface area contributed by atoms with Crippen LogP contribution in [0.25, 0.3) is 0 Å². The van der Waals surface area contributed by atoms with Crippen molar-refractivity contribution in [2.75, 3.05) is 0 Å². The molecule has 0 saturated carbocycles. The summed E-state index contributed by atoms with van der Waals surface area (Å²) in [4.78, 5) is 11.6. The van der Waals surface area contributed by atoms with E-state index >= 15 is 0 Å². The van der Waals surface area contributed by atoms with Gasteiger partial charge in [-0.05, 0) is 30.3 Å². The molecule has 8 heteroatoms. The second kappa shape index (κ2) is 4.86. The van der Waals surface area contributed by atoms with E-state index in [1.54, 1.807) is 0 Å². The highest BCUT2D eigenvalue weighted by molar-refractivity contribution is 5.90. The first-order valence-corrected chi connectivity index (χ1v) is 5.07. The molecule has 0 radical (unpaired) electrons. The summed E-state index contributed by atoms with van der Waals surface area (Å²) in [6, 6.07) is 2.32. The molecular formula is C10H9F2N5O. The summed E-state index contributed by atoms with van der Waals surface area (Å²) >= 11 is 0. The Morgan fingerprint density at radius 3 is 2.89 bits per heavy atom. The molecule has 0 fully saturated rings. The molecule has 2 aromatic rings. The molecular weight excluding hydrogens is 244 g/mol. The molecule has 94 valence electrons. The molecule has 1 aromatic heterocycles. The largest absolute Gasteiger partial charge is 0.343 e. The third kappa shape index (κ3) is 2.47. The molecule has 2 N–H and O–H groups in total. The van der Waals surface area contributed by atoms with Crippen molar-refractivity contribution < 1.29 is 13.6 Å². The molecule has 0 aliphatic carbocycles. The van der Waals surface area contributed by atoms with Gasteiger partial charge in [0.15, 0.2) is 0 Å². The summed E-state index contributed by atoms with van der Waals surface area (Å²) in [5, 5.41) is 14.7. The summed E-state index contributed by atoms with van der Waals surface area (Å²) in [6.45, 7) is 1.52. The topological polar surface area (TPSA) is 83.6 Å². The van der Waals surface area contributed by atoms with Gasteiger partial charge in [0.1, 0.15) is 11.6 Å². The number of hydrogen-bond donors (Lipinski definition) is 2. The van der Waals surface area contributed by atoms with Crippen LogP contribution < -0.4 is 5.32 Å². The number of nitrogens with zero attached hydrogens (tertiary/aromatic N) is 3. The van der Waals surface area contributed by atoms with Crippen molar-refractivity contribution in [3.63, 3.8) is 0 Å². The standard InChI is InChI=1S/C10H9F2N5O/c1-5(7-4-6(11)2-3-8(7)12)13-10(18)9-14-16-17-15-9/h2-5H,1H3,(H,13,18)(H,14,15,16,17). The maximum absolute atomic E-state index is 13.4. The van der Waals surface area contributed by atoms with E-state index in [0.29, 0.717) is 0 Å². The van der Waals surface area contributed by atoms with Crippen LogP contribution in [0.2, 0.25) is 0 Å². The van der Waals surface area contributed by atoms with Crippen LogP contribution in [0.5, 0.6) is 0 Å². The van der Waals surface area contributed by atoms with Gasteiger partial charge in [0.25, 0.3) is 11.7 Å². The number of hydrogen-bond acceptors (Lipinski definition) is 4. The minimum atomic E-state index is -0.716. The molecule has 1 heterocycles. The Kier molecular flexibility index (Phi) is 3.26. The number of benzene rings is 1. The number of halogens is 2. The van der Waals surface area contributed by atoms with Crippen molar-refractivity contribution >= 4 is 5.91 Å². The SMILES string of the molecule is CC(NC(=O)c1nn[nH]n1)c1cc(F)ccc1F. The lowest BCUT2D eigenvalue weighted by molar-refractivity contribution is 0.0929. The van der Waals surface area contributed by atoms with Crippen LogP contribution in [0, 0.1) is 11.6 Å². The molecule has 1 amide bonds. The van der Waals surface area contributed by atoms with Gasteiger partial charge in [-0.25, -0.2) is 8.78 Å². The lowest BCUT2D eigenvalue weighted by atomic mass is 10.1. The summed E-state index contributed by atoms with van der Waals surface area (Å²) in [7, 11) is 0. The number of tetrazole rings is 1. The lowest BCUT2D eigenvalue weighted by Crippen LogP contribution is -2.28.